The molecule has 2 aromatic heterocycles. The zero-order valence-electron chi connectivity index (χ0n) is 10.7. The molecule has 0 radical (unpaired) electrons. The number of rotatable bonds is 4. The number of carbonyl (C=O) groups is 1. The third-order valence-electron chi connectivity index (χ3n) is 3.57. The molecule has 6 heteroatoms. The lowest BCUT2D eigenvalue weighted by molar-refractivity contribution is -0.150. The van der Waals surface area contributed by atoms with Crippen LogP contribution in [-0.4, -0.2) is 30.7 Å². The maximum absolute atomic E-state index is 11.5. The maximum atomic E-state index is 11.5. The molecular formula is C12H16N4O2. The predicted molar refractivity (Wildman–Crippen MR) is 65.1 cm³/mol. The van der Waals surface area contributed by atoms with Gasteiger partial charge in [0.15, 0.2) is 5.65 Å². The van der Waals surface area contributed by atoms with Crippen LogP contribution in [0.4, 0.5) is 0 Å². The van der Waals surface area contributed by atoms with Gasteiger partial charge >= 0.3 is 5.97 Å². The normalized spacial score (nSPS) is 14.9. The van der Waals surface area contributed by atoms with Gasteiger partial charge in [0.2, 0.25) is 0 Å². The first-order valence-electron chi connectivity index (χ1n) is 5.82. The third-order valence-corrected chi connectivity index (χ3v) is 3.57. The molecule has 0 amide bonds. The lowest BCUT2D eigenvalue weighted by Crippen LogP contribution is -2.36. The monoisotopic (exact) mass is 248 g/mol. The highest BCUT2D eigenvalue weighted by atomic mass is 16.4. The molecule has 2 rings (SSSR count). The summed E-state index contributed by atoms with van der Waals surface area (Å²) in [6, 6.07) is 1.74. The molecule has 96 valence electrons. The summed E-state index contributed by atoms with van der Waals surface area (Å²) in [6.45, 7) is 5.53. The Morgan fingerprint density at radius 2 is 2.22 bits per heavy atom. The molecule has 6 nitrogen and oxygen atoms in total. The van der Waals surface area contributed by atoms with E-state index in [1.54, 1.807) is 29.9 Å². The molecule has 2 aromatic rings. The van der Waals surface area contributed by atoms with E-state index in [-0.39, 0.29) is 5.92 Å². The molecule has 0 aromatic carbocycles. The van der Waals surface area contributed by atoms with Gasteiger partial charge in [0.05, 0.1) is 5.41 Å². The molecular weight excluding hydrogens is 232 g/mol. The Morgan fingerprint density at radius 1 is 1.50 bits per heavy atom. The van der Waals surface area contributed by atoms with Gasteiger partial charge in [0.1, 0.15) is 12.2 Å². The van der Waals surface area contributed by atoms with Gasteiger partial charge in [0, 0.05) is 18.7 Å². The SMILES string of the molecule is CC(C)C(C)(Cc1nnc2ccncn12)C(=O)O. The van der Waals surface area contributed by atoms with E-state index >= 15 is 0 Å². The van der Waals surface area contributed by atoms with Crippen LogP contribution in [0.3, 0.4) is 0 Å². The zero-order valence-corrected chi connectivity index (χ0v) is 10.7. The van der Waals surface area contributed by atoms with Gasteiger partial charge in [-0.3, -0.25) is 9.20 Å². The highest BCUT2D eigenvalue weighted by molar-refractivity contribution is 5.74. The van der Waals surface area contributed by atoms with Crippen LogP contribution >= 0.6 is 0 Å². The second-order valence-corrected chi connectivity index (χ2v) is 4.98. The number of hydrogen-bond donors (Lipinski definition) is 1. The van der Waals surface area contributed by atoms with E-state index in [0.29, 0.717) is 17.9 Å². The average Bonchev–Trinajstić information content (AvgIpc) is 2.72. The summed E-state index contributed by atoms with van der Waals surface area (Å²) >= 11 is 0. The molecule has 0 saturated carbocycles. The number of aromatic nitrogens is 4. The first-order valence-corrected chi connectivity index (χ1v) is 5.82. The first-order chi connectivity index (χ1) is 8.45. The molecule has 0 aliphatic carbocycles. The average molecular weight is 248 g/mol. The van der Waals surface area contributed by atoms with Crippen LogP contribution in [-0.2, 0) is 11.2 Å². The molecule has 0 spiro atoms. The Hall–Kier alpha value is -1.98. The molecule has 0 aliphatic rings. The Morgan fingerprint density at radius 3 is 2.83 bits per heavy atom. The van der Waals surface area contributed by atoms with Crippen molar-refractivity contribution >= 4 is 11.6 Å². The topological polar surface area (TPSA) is 80.4 Å². The predicted octanol–water partition coefficient (Wildman–Crippen LogP) is 1.41. The van der Waals surface area contributed by atoms with Gasteiger partial charge in [-0.2, -0.15) is 0 Å². The molecule has 2 heterocycles. The summed E-state index contributed by atoms with van der Waals surface area (Å²) in [4.78, 5) is 15.5. The van der Waals surface area contributed by atoms with Gasteiger partial charge in [-0.1, -0.05) is 13.8 Å². The summed E-state index contributed by atoms with van der Waals surface area (Å²) in [7, 11) is 0. The summed E-state index contributed by atoms with van der Waals surface area (Å²) in [6.07, 6.45) is 3.56. The minimum atomic E-state index is -0.862. The minimum absolute atomic E-state index is 0.000906. The molecule has 1 unspecified atom stereocenters. The van der Waals surface area contributed by atoms with Gasteiger partial charge in [-0.15, -0.1) is 10.2 Å². The van der Waals surface area contributed by atoms with Crippen LogP contribution in [0.1, 0.15) is 26.6 Å². The van der Waals surface area contributed by atoms with Crippen molar-refractivity contribution in [3.8, 4) is 0 Å². The van der Waals surface area contributed by atoms with Crippen LogP contribution in [0, 0.1) is 11.3 Å². The lowest BCUT2D eigenvalue weighted by atomic mass is 9.76. The summed E-state index contributed by atoms with van der Waals surface area (Å²) in [5.74, 6) is -0.200. The van der Waals surface area contributed by atoms with Crippen molar-refractivity contribution in [2.45, 2.75) is 27.2 Å². The first kappa shape index (κ1) is 12.5. The Kier molecular flexibility index (Phi) is 3.02. The number of hydrogen-bond acceptors (Lipinski definition) is 4. The number of nitrogens with zero attached hydrogens (tertiary/aromatic N) is 4. The van der Waals surface area contributed by atoms with E-state index in [0.717, 1.165) is 0 Å². The molecule has 0 bridgehead atoms. The molecule has 18 heavy (non-hydrogen) atoms. The van der Waals surface area contributed by atoms with Crippen LogP contribution in [0.5, 0.6) is 0 Å². The van der Waals surface area contributed by atoms with Crippen molar-refractivity contribution in [2.75, 3.05) is 0 Å². The van der Waals surface area contributed by atoms with E-state index in [2.05, 4.69) is 15.2 Å². The second kappa shape index (κ2) is 4.36. The van der Waals surface area contributed by atoms with Gasteiger partial charge in [-0.25, -0.2) is 4.98 Å². The zero-order chi connectivity index (χ0) is 13.3. The van der Waals surface area contributed by atoms with Gasteiger partial charge in [0.25, 0.3) is 0 Å². The smallest absolute Gasteiger partial charge is 0.310 e. The summed E-state index contributed by atoms with van der Waals surface area (Å²) in [5.41, 5.74) is -0.185. The van der Waals surface area contributed by atoms with Crippen molar-refractivity contribution in [1.82, 2.24) is 19.6 Å². The van der Waals surface area contributed by atoms with Crippen LogP contribution in [0.25, 0.3) is 5.65 Å². The van der Waals surface area contributed by atoms with E-state index in [4.69, 9.17) is 0 Å². The maximum Gasteiger partial charge on any atom is 0.310 e. The number of carboxylic acids is 1. The number of aliphatic carboxylic acids is 1. The number of carboxylic acid groups (broad SMARTS) is 1. The Labute approximate surface area is 105 Å². The van der Waals surface area contributed by atoms with Crippen molar-refractivity contribution < 1.29 is 9.90 Å². The van der Waals surface area contributed by atoms with E-state index in [1.165, 1.54) is 0 Å². The molecule has 0 fully saturated rings. The minimum Gasteiger partial charge on any atom is -0.481 e. The summed E-state index contributed by atoms with van der Waals surface area (Å²) < 4.78 is 1.73. The quantitative estimate of drug-likeness (QED) is 0.884. The fourth-order valence-electron chi connectivity index (χ4n) is 1.77. The van der Waals surface area contributed by atoms with Crippen molar-refractivity contribution in [3.05, 3.63) is 24.4 Å². The lowest BCUT2D eigenvalue weighted by Gasteiger charge is -2.28. The molecule has 0 aliphatic heterocycles. The van der Waals surface area contributed by atoms with Crippen LogP contribution < -0.4 is 0 Å². The van der Waals surface area contributed by atoms with E-state index < -0.39 is 11.4 Å². The van der Waals surface area contributed by atoms with E-state index in [1.807, 2.05) is 13.8 Å². The fourth-order valence-corrected chi connectivity index (χ4v) is 1.77. The van der Waals surface area contributed by atoms with Crippen molar-refractivity contribution in [1.29, 1.82) is 0 Å². The van der Waals surface area contributed by atoms with Crippen LogP contribution in [0.15, 0.2) is 18.6 Å². The molecule has 1 N–H and O–H groups in total. The van der Waals surface area contributed by atoms with Gasteiger partial charge < -0.3 is 5.11 Å². The largest absolute Gasteiger partial charge is 0.481 e. The Balaban J connectivity index is 2.41. The molecule has 1 atom stereocenters. The summed E-state index contributed by atoms with van der Waals surface area (Å²) in [5, 5.41) is 17.5. The highest BCUT2D eigenvalue weighted by Gasteiger charge is 2.38. The van der Waals surface area contributed by atoms with Crippen LogP contribution in [0.2, 0.25) is 0 Å². The second-order valence-electron chi connectivity index (χ2n) is 4.98. The number of fused-ring (bicyclic) bond motifs is 1. The third kappa shape index (κ3) is 1.94. The fraction of sp³-hybridized carbons (Fsp3) is 0.500. The molecule has 0 saturated heterocycles. The highest BCUT2D eigenvalue weighted by Crippen LogP contribution is 2.31. The van der Waals surface area contributed by atoms with Gasteiger partial charge in [-0.05, 0) is 12.8 Å². The Bertz CT molecular complexity index is 578. The standard InChI is InChI=1S/C12H16N4O2/c1-8(2)12(3,11(17)18)6-10-15-14-9-4-5-13-7-16(9)10/h4-5,7-8H,6H2,1-3H3,(H,17,18). The van der Waals surface area contributed by atoms with Crippen molar-refractivity contribution in [2.24, 2.45) is 11.3 Å². The van der Waals surface area contributed by atoms with E-state index in [9.17, 15) is 9.90 Å². The van der Waals surface area contributed by atoms with Crippen molar-refractivity contribution in [3.63, 3.8) is 0 Å².